The van der Waals surface area contributed by atoms with Crippen LogP contribution in [-0.4, -0.2) is 15.9 Å². The number of hydrogen-bond acceptors (Lipinski definition) is 5. The van der Waals surface area contributed by atoms with Crippen molar-refractivity contribution in [1.29, 1.82) is 0 Å². The number of carbonyl (C=O) groups is 1. The summed E-state index contributed by atoms with van der Waals surface area (Å²) < 4.78 is 6.86. The largest absolute Gasteiger partial charge is 0.489 e. The van der Waals surface area contributed by atoms with E-state index >= 15 is 0 Å². The van der Waals surface area contributed by atoms with Gasteiger partial charge in [-0.2, -0.15) is 0 Å². The third kappa shape index (κ3) is 4.18. The van der Waals surface area contributed by atoms with Gasteiger partial charge < -0.3 is 10.1 Å². The van der Waals surface area contributed by atoms with E-state index in [9.17, 15) is 4.79 Å². The van der Waals surface area contributed by atoms with Gasteiger partial charge in [-0.05, 0) is 61.0 Å². The zero-order valence-corrected chi connectivity index (χ0v) is 16.1. The highest BCUT2D eigenvalue weighted by atomic mass is 32.1. The minimum absolute atomic E-state index is 0.132. The lowest BCUT2D eigenvalue weighted by Crippen LogP contribution is -2.26. The summed E-state index contributed by atoms with van der Waals surface area (Å²) in [6.07, 6.45) is 3.47. The molecular weight excluding hydrogens is 370 g/mol. The highest BCUT2D eigenvalue weighted by Crippen LogP contribution is 2.26. The van der Waals surface area contributed by atoms with E-state index in [0.717, 1.165) is 20.8 Å². The fourth-order valence-electron chi connectivity index (χ4n) is 2.77. The summed E-state index contributed by atoms with van der Waals surface area (Å²) in [5, 5.41) is 3.91. The highest BCUT2D eigenvalue weighted by molar-refractivity contribution is 7.18. The van der Waals surface area contributed by atoms with Crippen molar-refractivity contribution < 1.29 is 9.53 Å². The molecule has 6 heteroatoms. The number of carbonyl (C=O) groups excluding carboxylic acids is 1. The molecule has 4 aromatic rings. The Morgan fingerprint density at radius 2 is 1.82 bits per heavy atom. The lowest BCUT2D eigenvalue weighted by atomic mass is 10.2. The number of thiazole rings is 1. The summed E-state index contributed by atoms with van der Waals surface area (Å²) in [5.41, 5.74) is 2.59. The SMILES string of the molecule is CC(NC(=O)c1ccc(OCc2ccncc2)cc1)c1nc2ccccc2s1. The van der Waals surface area contributed by atoms with Crippen molar-refractivity contribution in [3.05, 3.63) is 89.2 Å². The van der Waals surface area contributed by atoms with Crippen LogP contribution in [0.3, 0.4) is 0 Å². The Kier molecular flexibility index (Phi) is 5.30. The molecular formula is C22H19N3O2S. The van der Waals surface area contributed by atoms with Crippen LogP contribution in [0.2, 0.25) is 0 Å². The van der Waals surface area contributed by atoms with Crippen molar-refractivity contribution in [2.75, 3.05) is 0 Å². The summed E-state index contributed by atoms with van der Waals surface area (Å²) in [6, 6.07) is 18.8. The molecule has 0 aliphatic heterocycles. The molecule has 1 unspecified atom stereocenters. The first kappa shape index (κ1) is 18.1. The van der Waals surface area contributed by atoms with Crippen LogP contribution in [0.1, 0.15) is 33.9 Å². The maximum atomic E-state index is 12.6. The fourth-order valence-corrected chi connectivity index (χ4v) is 3.74. The molecule has 0 radical (unpaired) electrons. The van der Waals surface area contributed by atoms with Crippen LogP contribution in [0.25, 0.3) is 10.2 Å². The molecule has 0 fully saturated rings. The topological polar surface area (TPSA) is 64.1 Å². The van der Waals surface area contributed by atoms with Gasteiger partial charge in [0.05, 0.1) is 16.3 Å². The predicted molar refractivity (Wildman–Crippen MR) is 111 cm³/mol. The number of rotatable bonds is 6. The van der Waals surface area contributed by atoms with Gasteiger partial charge in [-0.15, -0.1) is 11.3 Å². The monoisotopic (exact) mass is 389 g/mol. The van der Waals surface area contributed by atoms with Crippen LogP contribution in [-0.2, 0) is 6.61 Å². The summed E-state index contributed by atoms with van der Waals surface area (Å²) in [4.78, 5) is 21.1. The molecule has 0 aliphatic rings. The first-order valence-corrected chi connectivity index (χ1v) is 9.79. The Morgan fingerprint density at radius 1 is 1.07 bits per heavy atom. The fraction of sp³-hybridized carbons (Fsp3) is 0.136. The molecule has 4 rings (SSSR count). The first-order valence-electron chi connectivity index (χ1n) is 8.97. The molecule has 5 nitrogen and oxygen atoms in total. The summed E-state index contributed by atoms with van der Waals surface area (Å²) in [6.45, 7) is 2.41. The lowest BCUT2D eigenvalue weighted by molar-refractivity contribution is 0.0940. The molecule has 140 valence electrons. The maximum absolute atomic E-state index is 12.6. The number of nitrogens with one attached hydrogen (secondary N) is 1. The van der Waals surface area contributed by atoms with E-state index < -0.39 is 0 Å². The van der Waals surface area contributed by atoms with Crippen LogP contribution in [0.4, 0.5) is 0 Å². The number of benzene rings is 2. The maximum Gasteiger partial charge on any atom is 0.251 e. The van der Waals surface area contributed by atoms with Gasteiger partial charge in [0, 0.05) is 18.0 Å². The second-order valence-electron chi connectivity index (χ2n) is 6.38. The molecule has 0 saturated heterocycles. The Balaban J connectivity index is 1.37. The van der Waals surface area contributed by atoms with Gasteiger partial charge in [-0.1, -0.05) is 12.1 Å². The first-order chi connectivity index (χ1) is 13.7. The molecule has 1 amide bonds. The standard InChI is InChI=1S/C22H19N3O2S/c1-15(22-25-19-4-2-3-5-20(19)28-22)24-21(26)17-6-8-18(9-7-17)27-14-16-10-12-23-13-11-16/h2-13,15H,14H2,1H3,(H,24,26). The van der Waals surface area contributed by atoms with Crippen molar-refractivity contribution in [2.45, 2.75) is 19.6 Å². The second kappa shape index (κ2) is 8.19. The summed E-state index contributed by atoms with van der Waals surface area (Å²) in [5.74, 6) is 0.583. The molecule has 28 heavy (non-hydrogen) atoms. The zero-order valence-electron chi connectivity index (χ0n) is 15.3. The summed E-state index contributed by atoms with van der Waals surface area (Å²) in [7, 11) is 0. The Morgan fingerprint density at radius 3 is 2.57 bits per heavy atom. The molecule has 0 spiro atoms. The minimum Gasteiger partial charge on any atom is -0.489 e. The van der Waals surface area contributed by atoms with Crippen molar-refractivity contribution >= 4 is 27.5 Å². The average molecular weight is 389 g/mol. The quantitative estimate of drug-likeness (QED) is 0.516. The third-order valence-electron chi connectivity index (χ3n) is 4.30. The number of nitrogens with zero attached hydrogens (tertiary/aromatic N) is 2. The van der Waals surface area contributed by atoms with E-state index in [0.29, 0.717) is 17.9 Å². The van der Waals surface area contributed by atoms with Crippen LogP contribution in [0.15, 0.2) is 73.1 Å². The van der Waals surface area contributed by atoms with Crippen LogP contribution < -0.4 is 10.1 Å². The molecule has 2 heterocycles. The van der Waals surface area contributed by atoms with E-state index in [1.54, 1.807) is 48.0 Å². The van der Waals surface area contributed by atoms with Crippen LogP contribution in [0, 0.1) is 0 Å². The van der Waals surface area contributed by atoms with Crippen molar-refractivity contribution in [1.82, 2.24) is 15.3 Å². The number of hydrogen-bond donors (Lipinski definition) is 1. The van der Waals surface area contributed by atoms with Gasteiger partial charge in [-0.3, -0.25) is 9.78 Å². The minimum atomic E-state index is -0.160. The lowest BCUT2D eigenvalue weighted by Gasteiger charge is -2.12. The van der Waals surface area contributed by atoms with E-state index in [1.807, 2.05) is 43.3 Å². The zero-order chi connectivity index (χ0) is 19.3. The Bertz CT molecular complexity index is 1040. The van der Waals surface area contributed by atoms with Crippen LogP contribution in [0.5, 0.6) is 5.75 Å². The second-order valence-corrected chi connectivity index (χ2v) is 7.45. The van der Waals surface area contributed by atoms with Crippen LogP contribution >= 0.6 is 11.3 Å². The van der Waals surface area contributed by atoms with Gasteiger partial charge in [0.25, 0.3) is 5.91 Å². The molecule has 0 saturated carbocycles. The van der Waals surface area contributed by atoms with Crippen molar-refractivity contribution in [3.63, 3.8) is 0 Å². The van der Waals surface area contributed by atoms with E-state index in [1.165, 1.54) is 0 Å². The Hall–Kier alpha value is -3.25. The average Bonchev–Trinajstić information content (AvgIpc) is 3.18. The molecule has 0 bridgehead atoms. The highest BCUT2D eigenvalue weighted by Gasteiger charge is 2.15. The number of pyridine rings is 1. The van der Waals surface area contributed by atoms with Gasteiger partial charge in [0.15, 0.2) is 0 Å². The van der Waals surface area contributed by atoms with Gasteiger partial charge in [-0.25, -0.2) is 4.98 Å². The normalized spacial score (nSPS) is 11.9. The van der Waals surface area contributed by atoms with Gasteiger partial charge >= 0.3 is 0 Å². The number of fused-ring (bicyclic) bond motifs is 1. The molecule has 0 aliphatic carbocycles. The van der Waals surface area contributed by atoms with Gasteiger partial charge in [0.1, 0.15) is 17.4 Å². The molecule has 2 aromatic carbocycles. The number of para-hydroxylation sites is 1. The van der Waals surface area contributed by atoms with E-state index in [4.69, 9.17) is 4.74 Å². The Labute approximate surface area is 167 Å². The summed E-state index contributed by atoms with van der Waals surface area (Å²) >= 11 is 1.60. The van der Waals surface area contributed by atoms with Crippen molar-refractivity contribution in [3.8, 4) is 5.75 Å². The number of aromatic nitrogens is 2. The number of ether oxygens (including phenoxy) is 1. The third-order valence-corrected chi connectivity index (χ3v) is 5.52. The molecule has 2 aromatic heterocycles. The van der Waals surface area contributed by atoms with E-state index in [2.05, 4.69) is 15.3 Å². The molecule has 1 atom stereocenters. The van der Waals surface area contributed by atoms with Gasteiger partial charge in [0.2, 0.25) is 0 Å². The smallest absolute Gasteiger partial charge is 0.251 e. The molecule has 1 N–H and O–H groups in total. The predicted octanol–water partition coefficient (Wildman–Crippen LogP) is 4.76. The van der Waals surface area contributed by atoms with Crippen molar-refractivity contribution in [2.24, 2.45) is 0 Å². The van der Waals surface area contributed by atoms with E-state index in [-0.39, 0.29) is 11.9 Å². The number of amides is 1.